The van der Waals surface area contributed by atoms with Crippen LogP contribution in [0.25, 0.3) is 0 Å². The summed E-state index contributed by atoms with van der Waals surface area (Å²) in [5.41, 5.74) is -0.842. The summed E-state index contributed by atoms with van der Waals surface area (Å²) in [6.07, 6.45) is 0.556. The molecule has 1 saturated heterocycles. The van der Waals surface area contributed by atoms with Gasteiger partial charge in [0, 0.05) is 6.54 Å². The second kappa shape index (κ2) is 5.16. The van der Waals surface area contributed by atoms with Crippen LogP contribution in [0.2, 0.25) is 0 Å². The molecule has 17 heavy (non-hydrogen) atoms. The van der Waals surface area contributed by atoms with Crippen LogP contribution in [-0.2, 0) is 14.3 Å². The molecule has 1 aliphatic heterocycles. The van der Waals surface area contributed by atoms with Gasteiger partial charge in [-0.1, -0.05) is 6.92 Å². The highest BCUT2D eigenvalue weighted by Gasteiger charge is 2.46. The van der Waals surface area contributed by atoms with E-state index in [-0.39, 0.29) is 18.9 Å². The fraction of sp³-hybridized carbons (Fsp3) is 0.727. The van der Waals surface area contributed by atoms with Crippen molar-refractivity contribution in [2.24, 2.45) is 0 Å². The maximum atomic E-state index is 11.9. The van der Waals surface area contributed by atoms with E-state index in [0.717, 1.165) is 4.90 Å². The Labute approximate surface area is 100 Å². The van der Waals surface area contributed by atoms with Gasteiger partial charge >= 0.3 is 12.0 Å². The maximum Gasteiger partial charge on any atom is 0.325 e. The second-order valence-corrected chi connectivity index (χ2v) is 4.13. The third kappa shape index (κ3) is 2.75. The zero-order valence-electron chi connectivity index (χ0n) is 10.4. The fourth-order valence-electron chi connectivity index (χ4n) is 1.63. The lowest BCUT2D eigenvalue weighted by molar-refractivity contribution is -0.143. The van der Waals surface area contributed by atoms with Crippen LogP contribution in [0.4, 0.5) is 4.79 Å². The summed E-state index contributed by atoms with van der Waals surface area (Å²) in [4.78, 5) is 35.7. The predicted octanol–water partition coefficient (Wildman–Crippen LogP) is 0.660. The molecule has 0 aromatic carbocycles. The lowest BCUT2D eigenvalue weighted by atomic mass is 9.99. The van der Waals surface area contributed by atoms with Crippen LogP contribution in [0.5, 0.6) is 0 Å². The highest BCUT2D eigenvalue weighted by atomic mass is 16.5. The molecule has 6 heteroatoms. The van der Waals surface area contributed by atoms with E-state index in [1.54, 1.807) is 13.8 Å². The Morgan fingerprint density at radius 3 is 2.53 bits per heavy atom. The van der Waals surface area contributed by atoms with Gasteiger partial charge in [-0.05, 0) is 20.3 Å². The average Bonchev–Trinajstić information content (AvgIpc) is 2.49. The van der Waals surface area contributed by atoms with E-state index in [1.165, 1.54) is 0 Å². The van der Waals surface area contributed by atoms with Crippen molar-refractivity contribution in [3.63, 3.8) is 0 Å². The number of nitrogens with one attached hydrogen (secondary N) is 1. The summed E-state index contributed by atoms with van der Waals surface area (Å²) in [6, 6.07) is -0.441. The number of hydrogen-bond acceptors (Lipinski definition) is 4. The van der Waals surface area contributed by atoms with Crippen LogP contribution in [-0.4, -0.2) is 41.5 Å². The van der Waals surface area contributed by atoms with Gasteiger partial charge in [-0.25, -0.2) is 4.79 Å². The van der Waals surface area contributed by atoms with Gasteiger partial charge in [0.2, 0.25) is 0 Å². The normalized spacial score (nSPS) is 23.8. The van der Waals surface area contributed by atoms with E-state index in [1.807, 2.05) is 6.92 Å². The minimum Gasteiger partial charge on any atom is -0.466 e. The van der Waals surface area contributed by atoms with Crippen LogP contribution in [0.3, 0.4) is 0 Å². The number of carbonyl (C=O) groups excluding carboxylic acids is 3. The number of carbonyl (C=O) groups is 3. The molecular weight excluding hydrogens is 224 g/mol. The number of nitrogens with zero attached hydrogens (tertiary/aromatic N) is 1. The Morgan fingerprint density at radius 1 is 1.41 bits per heavy atom. The van der Waals surface area contributed by atoms with Crippen LogP contribution in [0.1, 0.15) is 33.6 Å². The quantitative estimate of drug-likeness (QED) is 0.567. The van der Waals surface area contributed by atoms with E-state index in [2.05, 4.69) is 5.32 Å². The monoisotopic (exact) mass is 242 g/mol. The molecule has 6 nitrogen and oxygen atoms in total. The summed E-state index contributed by atoms with van der Waals surface area (Å²) in [5.74, 6) is -0.687. The van der Waals surface area contributed by atoms with Gasteiger partial charge in [-0.3, -0.25) is 14.5 Å². The molecule has 0 radical (unpaired) electrons. The van der Waals surface area contributed by atoms with E-state index < -0.39 is 17.5 Å². The van der Waals surface area contributed by atoms with Crippen LogP contribution in [0.15, 0.2) is 0 Å². The number of amides is 3. The Kier molecular flexibility index (Phi) is 4.09. The highest BCUT2D eigenvalue weighted by Crippen LogP contribution is 2.20. The van der Waals surface area contributed by atoms with Crippen LogP contribution >= 0.6 is 0 Å². The summed E-state index contributed by atoms with van der Waals surface area (Å²) in [6.45, 7) is 5.58. The molecule has 0 aromatic heterocycles. The molecule has 0 spiro atoms. The van der Waals surface area contributed by atoms with Crippen molar-refractivity contribution in [1.82, 2.24) is 10.2 Å². The molecule has 0 aromatic rings. The van der Waals surface area contributed by atoms with Crippen molar-refractivity contribution in [2.75, 3.05) is 13.2 Å². The zero-order valence-corrected chi connectivity index (χ0v) is 10.4. The number of imide groups is 1. The van der Waals surface area contributed by atoms with Crippen molar-refractivity contribution in [3.05, 3.63) is 0 Å². The number of ether oxygens (including phenoxy) is 1. The third-order valence-corrected chi connectivity index (χ3v) is 2.90. The van der Waals surface area contributed by atoms with Gasteiger partial charge < -0.3 is 10.1 Å². The lowest BCUT2D eigenvalue weighted by Crippen LogP contribution is -2.43. The summed E-state index contributed by atoms with van der Waals surface area (Å²) < 4.78 is 4.74. The van der Waals surface area contributed by atoms with E-state index in [0.29, 0.717) is 13.0 Å². The third-order valence-electron chi connectivity index (χ3n) is 2.90. The first-order chi connectivity index (χ1) is 7.94. The molecule has 1 atom stereocenters. The van der Waals surface area contributed by atoms with Gasteiger partial charge in [0.25, 0.3) is 5.91 Å². The summed E-state index contributed by atoms with van der Waals surface area (Å²) in [5, 5.41) is 2.62. The van der Waals surface area contributed by atoms with Crippen molar-refractivity contribution >= 4 is 17.9 Å². The van der Waals surface area contributed by atoms with Crippen molar-refractivity contribution in [3.8, 4) is 0 Å². The SMILES string of the molecule is CCOC(=O)CCN1C(=O)NC(C)(CC)C1=O. The van der Waals surface area contributed by atoms with Crippen LogP contribution in [0, 0.1) is 0 Å². The lowest BCUT2D eigenvalue weighted by Gasteiger charge is -2.19. The molecule has 1 heterocycles. The minimum absolute atomic E-state index is 0.0345. The molecular formula is C11H18N2O4. The zero-order chi connectivity index (χ0) is 13.1. The van der Waals surface area contributed by atoms with E-state index >= 15 is 0 Å². The first-order valence-corrected chi connectivity index (χ1v) is 5.74. The number of esters is 1. The van der Waals surface area contributed by atoms with Crippen molar-refractivity contribution < 1.29 is 19.1 Å². The minimum atomic E-state index is -0.842. The van der Waals surface area contributed by atoms with Gasteiger partial charge in [-0.15, -0.1) is 0 Å². The molecule has 0 saturated carbocycles. The highest BCUT2D eigenvalue weighted by molar-refractivity contribution is 6.06. The maximum absolute atomic E-state index is 11.9. The van der Waals surface area contributed by atoms with Crippen molar-refractivity contribution in [1.29, 1.82) is 0 Å². The molecule has 0 aliphatic carbocycles. The Balaban J connectivity index is 2.58. The van der Waals surface area contributed by atoms with Crippen LogP contribution < -0.4 is 5.32 Å². The summed E-state index contributed by atoms with van der Waals surface area (Å²) in [7, 11) is 0. The Bertz CT molecular complexity index is 342. The average molecular weight is 242 g/mol. The molecule has 1 aliphatic rings. The first kappa shape index (κ1) is 13.5. The largest absolute Gasteiger partial charge is 0.466 e. The topological polar surface area (TPSA) is 75.7 Å². The molecule has 3 amide bonds. The first-order valence-electron chi connectivity index (χ1n) is 5.74. The molecule has 1 unspecified atom stereocenters. The second-order valence-electron chi connectivity index (χ2n) is 4.13. The van der Waals surface area contributed by atoms with Gasteiger partial charge in [0.1, 0.15) is 5.54 Å². The summed E-state index contributed by atoms with van der Waals surface area (Å²) >= 11 is 0. The van der Waals surface area contributed by atoms with Gasteiger partial charge in [0.15, 0.2) is 0 Å². The predicted molar refractivity (Wildman–Crippen MR) is 60.2 cm³/mol. The van der Waals surface area contributed by atoms with E-state index in [4.69, 9.17) is 4.74 Å². The standard InChI is InChI=1S/C11H18N2O4/c1-4-11(3)9(15)13(10(16)12-11)7-6-8(14)17-5-2/h4-7H2,1-3H3,(H,12,16). The molecule has 96 valence electrons. The number of hydrogen-bond donors (Lipinski definition) is 1. The molecule has 1 fully saturated rings. The molecule has 0 bridgehead atoms. The van der Waals surface area contributed by atoms with Gasteiger partial charge in [0.05, 0.1) is 13.0 Å². The van der Waals surface area contributed by atoms with Crippen molar-refractivity contribution in [2.45, 2.75) is 39.2 Å². The Morgan fingerprint density at radius 2 is 2.06 bits per heavy atom. The van der Waals surface area contributed by atoms with Gasteiger partial charge in [-0.2, -0.15) is 0 Å². The smallest absolute Gasteiger partial charge is 0.325 e. The number of rotatable bonds is 5. The fourth-order valence-corrected chi connectivity index (χ4v) is 1.63. The molecule has 1 N–H and O–H groups in total. The number of urea groups is 1. The Hall–Kier alpha value is -1.59. The molecule has 1 rings (SSSR count). The van der Waals surface area contributed by atoms with E-state index in [9.17, 15) is 14.4 Å².